The SMILES string of the molecule is c1ccc2c(OCCC[C@@H]3CCCCN3)nsc2c1. The Hall–Kier alpha value is -1.13. The third kappa shape index (κ3) is 3.25. The van der Waals surface area contributed by atoms with Crippen LogP contribution in [0.15, 0.2) is 24.3 Å². The van der Waals surface area contributed by atoms with Crippen molar-refractivity contribution in [3.63, 3.8) is 0 Å². The molecule has 3 rings (SSSR count). The molecule has 1 atom stereocenters. The molecular formula is C15H20N2OS. The van der Waals surface area contributed by atoms with E-state index in [1.165, 1.54) is 48.5 Å². The summed E-state index contributed by atoms with van der Waals surface area (Å²) in [5, 5.41) is 4.72. The van der Waals surface area contributed by atoms with Gasteiger partial charge >= 0.3 is 0 Å². The molecule has 1 aromatic heterocycles. The summed E-state index contributed by atoms with van der Waals surface area (Å²) in [4.78, 5) is 0. The van der Waals surface area contributed by atoms with Gasteiger partial charge < -0.3 is 10.1 Å². The van der Waals surface area contributed by atoms with Crippen molar-refractivity contribution >= 4 is 21.6 Å². The van der Waals surface area contributed by atoms with Crippen LogP contribution in [0, 0.1) is 0 Å². The van der Waals surface area contributed by atoms with Crippen molar-refractivity contribution in [2.24, 2.45) is 0 Å². The first-order chi connectivity index (χ1) is 9.43. The molecule has 0 radical (unpaired) electrons. The lowest BCUT2D eigenvalue weighted by molar-refractivity contribution is 0.281. The van der Waals surface area contributed by atoms with Gasteiger partial charge in [-0.05, 0) is 55.9 Å². The second kappa shape index (κ2) is 6.35. The number of hydrogen-bond acceptors (Lipinski definition) is 4. The van der Waals surface area contributed by atoms with E-state index in [4.69, 9.17) is 4.74 Å². The number of nitrogens with zero attached hydrogens (tertiary/aromatic N) is 1. The minimum Gasteiger partial charge on any atom is -0.477 e. The van der Waals surface area contributed by atoms with Gasteiger partial charge in [0.2, 0.25) is 5.88 Å². The van der Waals surface area contributed by atoms with Crippen LogP contribution in [0.4, 0.5) is 0 Å². The zero-order valence-corrected chi connectivity index (χ0v) is 11.9. The van der Waals surface area contributed by atoms with Crippen LogP contribution in [0.25, 0.3) is 10.1 Å². The monoisotopic (exact) mass is 276 g/mol. The van der Waals surface area contributed by atoms with Crippen molar-refractivity contribution in [1.82, 2.24) is 9.69 Å². The molecule has 1 N–H and O–H groups in total. The largest absolute Gasteiger partial charge is 0.477 e. The second-order valence-electron chi connectivity index (χ2n) is 5.12. The number of rotatable bonds is 5. The average Bonchev–Trinajstić information content (AvgIpc) is 2.88. The molecule has 1 aromatic carbocycles. The quantitative estimate of drug-likeness (QED) is 0.847. The smallest absolute Gasteiger partial charge is 0.233 e. The highest BCUT2D eigenvalue weighted by molar-refractivity contribution is 7.13. The summed E-state index contributed by atoms with van der Waals surface area (Å²) in [6.45, 7) is 1.95. The van der Waals surface area contributed by atoms with Crippen molar-refractivity contribution in [3.05, 3.63) is 24.3 Å². The second-order valence-corrected chi connectivity index (χ2v) is 5.93. The Labute approximate surface area is 118 Å². The third-order valence-electron chi connectivity index (χ3n) is 3.69. The lowest BCUT2D eigenvalue weighted by Crippen LogP contribution is -2.34. The van der Waals surface area contributed by atoms with Crippen molar-refractivity contribution < 1.29 is 4.74 Å². The summed E-state index contributed by atoms with van der Waals surface area (Å²) in [5.41, 5.74) is 0. The van der Waals surface area contributed by atoms with Crippen molar-refractivity contribution in [2.45, 2.75) is 38.1 Å². The Morgan fingerprint density at radius 2 is 2.26 bits per heavy atom. The third-order valence-corrected chi connectivity index (χ3v) is 4.50. The van der Waals surface area contributed by atoms with Crippen LogP contribution in [0.5, 0.6) is 5.88 Å². The van der Waals surface area contributed by atoms with Crippen LogP contribution in [0.1, 0.15) is 32.1 Å². The fourth-order valence-corrected chi connectivity index (χ4v) is 3.36. The fraction of sp³-hybridized carbons (Fsp3) is 0.533. The van der Waals surface area contributed by atoms with E-state index in [-0.39, 0.29) is 0 Å². The molecule has 1 aliphatic heterocycles. The maximum atomic E-state index is 5.82. The molecule has 0 saturated carbocycles. The van der Waals surface area contributed by atoms with Crippen LogP contribution in [-0.2, 0) is 0 Å². The first-order valence-corrected chi connectivity index (χ1v) is 7.91. The first-order valence-electron chi connectivity index (χ1n) is 7.14. The van der Waals surface area contributed by atoms with E-state index in [0.717, 1.165) is 24.3 Å². The molecule has 4 heteroatoms. The van der Waals surface area contributed by atoms with Gasteiger partial charge in [-0.1, -0.05) is 18.6 Å². The van der Waals surface area contributed by atoms with Gasteiger partial charge in [0.15, 0.2) is 0 Å². The maximum Gasteiger partial charge on any atom is 0.233 e. The lowest BCUT2D eigenvalue weighted by atomic mass is 10.0. The van der Waals surface area contributed by atoms with Gasteiger partial charge in [-0.15, -0.1) is 0 Å². The Morgan fingerprint density at radius 3 is 3.16 bits per heavy atom. The number of fused-ring (bicyclic) bond motifs is 1. The first kappa shape index (κ1) is 12.9. The average molecular weight is 276 g/mol. The van der Waals surface area contributed by atoms with Crippen molar-refractivity contribution in [3.8, 4) is 5.88 Å². The van der Waals surface area contributed by atoms with Crippen LogP contribution in [0.2, 0.25) is 0 Å². The van der Waals surface area contributed by atoms with E-state index >= 15 is 0 Å². The zero-order chi connectivity index (χ0) is 12.9. The molecule has 1 fully saturated rings. The molecule has 2 aromatic rings. The molecule has 3 nitrogen and oxygen atoms in total. The number of piperidine rings is 1. The summed E-state index contributed by atoms with van der Waals surface area (Å²) in [7, 11) is 0. The van der Waals surface area contributed by atoms with Gasteiger partial charge in [0.05, 0.1) is 16.7 Å². The predicted octanol–water partition coefficient (Wildman–Crippen LogP) is 3.60. The van der Waals surface area contributed by atoms with E-state index < -0.39 is 0 Å². The zero-order valence-electron chi connectivity index (χ0n) is 11.1. The van der Waals surface area contributed by atoms with Gasteiger partial charge in [-0.2, -0.15) is 4.37 Å². The van der Waals surface area contributed by atoms with Crippen LogP contribution < -0.4 is 10.1 Å². The molecule has 2 heterocycles. The van der Waals surface area contributed by atoms with E-state index in [1.807, 2.05) is 12.1 Å². The van der Waals surface area contributed by atoms with Gasteiger partial charge in [0.1, 0.15) is 0 Å². The summed E-state index contributed by atoms with van der Waals surface area (Å²) >= 11 is 1.51. The molecule has 1 aliphatic rings. The molecular weight excluding hydrogens is 256 g/mol. The molecule has 102 valence electrons. The van der Waals surface area contributed by atoms with Crippen LogP contribution in [-0.4, -0.2) is 23.6 Å². The van der Waals surface area contributed by atoms with Crippen LogP contribution >= 0.6 is 11.5 Å². The topological polar surface area (TPSA) is 34.1 Å². The Bertz CT molecular complexity index is 520. The summed E-state index contributed by atoms with van der Waals surface area (Å²) < 4.78 is 11.4. The normalized spacial score (nSPS) is 19.7. The van der Waals surface area contributed by atoms with Crippen molar-refractivity contribution in [1.29, 1.82) is 0 Å². The number of hydrogen-bond donors (Lipinski definition) is 1. The van der Waals surface area contributed by atoms with E-state index in [0.29, 0.717) is 6.04 Å². The minimum absolute atomic E-state index is 0.699. The molecule has 0 amide bonds. The van der Waals surface area contributed by atoms with Crippen molar-refractivity contribution in [2.75, 3.05) is 13.2 Å². The highest BCUT2D eigenvalue weighted by Gasteiger charge is 2.12. The Kier molecular flexibility index (Phi) is 4.30. The molecule has 1 saturated heterocycles. The van der Waals surface area contributed by atoms with E-state index in [2.05, 4.69) is 21.8 Å². The van der Waals surface area contributed by atoms with E-state index in [1.54, 1.807) is 0 Å². The molecule has 0 bridgehead atoms. The van der Waals surface area contributed by atoms with E-state index in [9.17, 15) is 0 Å². The minimum atomic E-state index is 0.699. The molecule has 0 aliphatic carbocycles. The van der Waals surface area contributed by atoms with Gasteiger partial charge in [0, 0.05) is 6.04 Å². The predicted molar refractivity (Wildman–Crippen MR) is 80.0 cm³/mol. The fourth-order valence-electron chi connectivity index (χ4n) is 2.64. The number of benzene rings is 1. The van der Waals surface area contributed by atoms with Crippen LogP contribution in [0.3, 0.4) is 0 Å². The van der Waals surface area contributed by atoms with Gasteiger partial charge in [0.25, 0.3) is 0 Å². The number of aromatic nitrogens is 1. The lowest BCUT2D eigenvalue weighted by Gasteiger charge is -2.23. The highest BCUT2D eigenvalue weighted by Crippen LogP contribution is 2.28. The number of ether oxygens (including phenoxy) is 1. The standard InChI is InChI=1S/C15H20N2OS/c1-2-9-14-13(8-1)15(17-19-14)18-11-5-7-12-6-3-4-10-16-12/h1-2,8-9,12,16H,3-7,10-11H2/t12-/m0/s1. The van der Waals surface area contributed by atoms with Gasteiger partial charge in [-0.25, -0.2) is 0 Å². The summed E-state index contributed by atoms with van der Waals surface area (Å²) in [6.07, 6.45) is 6.33. The Morgan fingerprint density at radius 1 is 1.32 bits per heavy atom. The summed E-state index contributed by atoms with van der Waals surface area (Å²) in [6, 6.07) is 8.95. The molecule has 0 spiro atoms. The Balaban J connectivity index is 1.47. The number of nitrogens with one attached hydrogen (secondary N) is 1. The van der Waals surface area contributed by atoms with Gasteiger partial charge in [-0.3, -0.25) is 0 Å². The molecule has 0 unspecified atom stereocenters. The maximum absolute atomic E-state index is 5.82. The highest BCUT2D eigenvalue weighted by atomic mass is 32.1. The molecule has 19 heavy (non-hydrogen) atoms. The summed E-state index contributed by atoms with van der Waals surface area (Å²) in [5.74, 6) is 0.803.